The van der Waals surface area contributed by atoms with Crippen LogP contribution in [-0.4, -0.2) is 23.9 Å². The maximum atomic E-state index is 12.6. The molecule has 1 unspecified atom stereocenters. The predicted molar refractivity (Wildman–Crippen MR) is 81.3 cm³/mol. The molecule has 6 heteroatoms. The van der Waals surface area contributed by atoms with Gasteiger partial charge < -0.3 is 10.6 Å². The molecule has 114 valence electrons. The highest BCUT2D eigenvalue weighted by Crippen LogP contribution is 2.34. The summed E-state index contributed by atoms with van der Waals surface area (Å²) in [5.74, 6) is -0.0436. The maximum absolute atomic E-state index is 12.6. The van der Waals surface area contributed by atoms with Crippen LogP contribution in [-0.2, 0) is 4.79 Å². The molecule has 1 amide bonds. The minimum atomic E-state index is -0.427. The summed E-state index contributed by atoms with van der Waals surface area (Å²) in [6.07, 6.45) is 2.56. The van der Waals surface area contributed by atoms with Crippen molar-refractivity contribution in [3.63, 3.8) is 0 Å². The van der Waals surface area contributed by atoms with E-state index in [-0.39, 0.29) is 11.6 Å². The monoisotopic (exact) mass is 291 g/mol. The number of nitro groups is 1. The lowest BCUT2D eigenvalue weighted by Gasteiger charge is -2.26. The summed E-state index contributed by atoms with van der Waals surface area (Å²) in [6.45, 7) is 5.22. The summed E-state index contributed by atoms with van der Waals surface area (Å²) in [5, 5.41) is 17.1. The van der Waals surface area contributed by atoms with Crippen LogP contribution in [0.25, 0.3) is 0 Å². The fourth-order valence-electron chi connectivity index (χ4n) is 2.95. The number of benzene rings is 1. The minimum absolute atomic E-state index is 0.0295. The molecule has 0 aliphatic carbocycles. The number of amides is 1. The molecule has 1 aromatic carbocycles. The topological polar surface area (TPSA) is 84.3 Å². The molecular formula is C15H21N3O3. The van der Waals surface area contributed by atoms with Crippen LogP contribution in [0.15, 0.2) is 18.2 Å². The molecule has 2 N–H and O–H groups in total. The van der Waals surface area contributed by atoms with Crippen molar-refractivity contribution in [1.82, 2.24) is 5.32 Å². The number of nitrogens with one attached hydrogen (secondary N) is 2. The molecule has 2 rings (SSSR count). The quantitative estimate of drug-likeness (QED) is 0.645. The van der Waals surface area contributed by atoms with Crippen molar-refractivity contribution in [2.45, 2.75) is 33.1 Å². The Morgan fingerprint density at radius 1 is 1.52 bits per heavy atom. The molecule has 1 aliphatic heterocycles. The van der Waals surface area contributed by atoms with Gasteiger partial charge in [0.25, 0.3) is 5.69 Å². The van der Waals surface area contributed by atoms with Gasteiger partial charge in [0.1, 0.15) is 0 Å². The van der Waals surface area contributed by atoms with E-state index in [0.29, 0.717) is 17.8 Å². The van der Waals surface area contributed by atoms with Gasteiger partial charge in [-0.2, -0.15) is 0 Å². The van der Waals surface area contributed by atoms with Gasteiger partial charge in [0.15, 0.2) is 0 Å². The Kier molecular flexibility index (Phi) is 4.57. The Morgan fingerprint density at radius 3 is 2.86 bits per heavy atom. The van der Waals surface area contributed by atoms with Gasteiger partial charge >= 0.3 is 0 Å². The first-order valence-electron chi connectivity index (χ1n) is 7.26. The Morgan fingerprint density at radius 2 is 2.29 bits per heavy atom. The number of hydrogen-bond donors (Lipinski definition) is 2. The van der Waals surface area contributed by atoms with E-state index in [1.807, 2.05) is 0 Å². The maximum Gasteiger partial charge on any atom is 0.274 e. The second-order valence-electron chi connectivity index (χ2n) is 5.62. The fraction of sp³-hybridized carbons (Fsp3) is 0.533. The molecule has 1 aromatic rings. The van der Waals surface area contributed by atoms with E-state index in [1.165, 1.54) is 6.07 Å². The largest absolute Gasteiger partial charge is 0.325 e. The number of hydrogen-bond acceptors (Lipinski definition) is 4. The summed E-state index contributed by atoms with van der Waals surface area (Å²) in [5.41, 5.74) is 0.651. The van der Waals surface area contributed by atoms with Crippen LogP contribution in [0.3, 0.4) is 0 Å². The Labute approximate surface area is 124 Å². The number of carbonyl (C=O) groups is 1. The van der Waals surface area contributed by atoms with Gasteiger partial charge in [0, 0.05) is 12.6 Å². The van der Waals surface area contributed by atoms with Crippen LogP contribution in [0.5, 0.6) is 0 Å². The Hall–Kier alpha value is -1.95. The molecule has 1 fully saturated rings. The fourth-order valence-corrected chi connectivity index (χ4v) is 2.95. The zero-order valence-electron chi connectivity index (χ0n) is 12.4. The van der Waals surface area contributed by atoms with Gasteiger partial charge in [-0.25, -0.2) is 0 Å². The molecule has 0 saturated carbocycles. The van der Waals surface area contributed by atoms with Crippen molar-refractivity contribution in [2.24, 2.45) is 5.41 Å². The summed E-state index contributed by atoms with van der Waals surface area (Å²) in [4.78, 5) is 23.2. The number of nitro benzene ring substituents is 1. The van der Waals surface area contributed by atoms with Crippen molar-refractivity contribution in [2.75, 3.05) is 18.4 Å². The van der Waals surface area contributed by atoms with E-state index in [4.69, 9.17) is 0 Å². The van der Waals surface area contributed by atoms with Crippen LogP contribution < -0.4 is 10.6 Å². The normalized spacial score (nSPS) is 21.2. The highest BCUT2D eigenvalue weighted by atomic mass is 16.6. The third-order valence-electron chi connectivity index (χ3n) is 4.20. The molecular weight excluding hydrogens is 270 g/mol. The lowest BCUT2D eigenvalue weighted by Crippen LogP contribution is -2.38. The number of nitrogens with zero attached hydrogens (tertiary/aromatic N) is 1. The summed E-state index contributed by atoms with van der Waals surface area (Å²) < 4.78 is 0. The average Bonchev–Trinajstić information content (AvgIpc) is 2.91. The zero-order chi connectivity index (χ0) is 15.5. The van der Waals surface area contributed by atoms with Crippen molar-refractivity contribution < 1.29 is 9.72 Å². The predicted octanol–water partition coefficient (Wildman–Crippen LogP) is 2.62. The number of rotatable bonds is 5. The third-order valence-corrected chi connectivity index (χ3v) is 4.20. The molecule has 21 heavy (non-hydrogen) atoms. The van der Waals surface area contributed by atoms with Crippen molar-refractivity contribution >= 4 is 17.3 Å². The molecule has 6 nitrogen and oxygen atoms in total. The van der Waals surface area contributed by atoms with Crippen LogP contribution >= 0.6 is 0 Å². The van der Waals surface area contributed by atoms with Crippen molar-refractivity contribution in [3.8, 4) is 0 Å². The van der Waals surface area contributed by atoms with E-state index in [9.17, 15) is 14.9 Å². The second-order valence-corrected chi connectivity index (χ2v) is 5.62. The van der Waals surface area contributed by atoms with Gasteiger partial charge in [-0.3, -0.25) is 14.9 Å². The molecule has 1 aliphatic rings. The summed E-state index contributed by atoms with van der Waals surface area (Å²) >= 11 is 0. The first kappa shape index (κ1) is 15.4. The van der Waals surface area contributed by atoms with Crippen LogP contribution in [0.2, 0.25) is 0 Å². The second kappa shape index (κ2) is 6.22. The zero-order valence-corrected chi connectivity index (χ0v) is 12.4. The van der Waals surface area contributed by atoms with E-state index in [1.54, 1.807) is 19.1 Å². The highest BCUT2D eigenvalue weighted by Gasteiger charge is 2.40. The van der Waals surface area contributed by atoms with E-state index in [0.717, 1.165) is 25.8 Å². The standard InChI is InChI=1S/C15H21N3O3/c1-3-7-15(8-9-16-10-15)14(19)17-12-5-4-6-13(11(12)2)18(20)21/h4-6,16H,3,7-10H2,1-2H3,(H,17,19). The molecule has 1 saturated heterocycles. The van der Waals surface area contributed by atoms with Crippen molar-refractivity contribution in [3.05, 3.63) is 33.9 Å². The van der Waals surface area contributed by atoms with Crippen LogP contribution in [0.1, 0.15) is 31.7 Å². The molecule has 0 radical (unpaired) electrons. The first-order valence-corrected chi connectivity index (χ1v) is 7.26. The van der Waals surface area contributed by atoms with Gasteiger partial charge in [0.05, 0.1) is 21.6 Å². The Balaban J connectivity index is 2.23. The molecule has 1 atom stereocenters. The van der Waals surface area contributed by atoms with E-state index in [2.05, 4.69) is 17.6 Å². The molecule has 0 bridgehead atoms. The smallest absolute Gasteiger partial charge is 0.274 e. The summed E-state index contributed by atoms with van der Waals surface area (Å²) in [7, 11) is 0. The number of carbonyl (C=O) groups excluding carboxylic acids is 1. The minimum Gasteiger partial charge on any atom is -0.325 e. The van der Waals surface area contributed by atoms with E-state index < -0.39 is 10.3 Å². The summed E-state index contributed by atoms with van der Waals surface area (Å²) in [6, 6.07) is 4.76. The highest BCUT2D eigenvalue weighted by molar-refractivity contribution is 5.96. The van der Waals surface area contributed by atoms with Gasteiger partial charge in [-0.05, 0) is 32.4 Å². The van der Waals surface area contributed by atoms with Crippen molar-refractivity contribution in [1.29, 1.82) is 0 Å². The molecule has 0 spiro atoms. The van der Waals surface area contributed by atoms with Gasteiger partial charge in [0.2, 0.25) is 5.91 Å². The third kappa shape index (κ3) is 3.05. The first-order chi connectivity index (χ1) is 10.00. The van der Waals surface area contributed by atoms with Crippen LogP contribution in [0, 0.1) is 22.5 Å². The van der Waals surface area contributed by atoms with Crippen LogP contribution in [0.4, 0.5) is 11.4 Å². The Bertz CT molecular complexity index is 551. The lowest BCUT2D eigenvalue weighted by atomic mass is 9.81. The van der Waals surface area contributed by atoms with Gasteiger partial charge in [-0.1, -0.05) is 19.4 Å². The van der Waals surface area contributed by atoms with E-state index >= 15 is 0 Å². The molecule has 1 heterocycles. The lowest BCUT2D eigenvalue weighted by molar-refractivity contribution is -0.385. The number of anilines is 1. The average molecular weight is 291 g/mol. The molecule has 0 aromatic heterocycles. The van der Waals surface area contributed by atoms with Gasteiger partial charge in [-0.15, -0.1) is 0 Å². The SMILES string of the molecule is CCCC1(C(=O)Nc2cccc([N+](=O)[O-])c2C)CCNC1.